The van der Waals surface area contributed by atoms with E-state index < -0.39 is 0 Å². The van der Waals surface area contributed by atoms with Crippen LogP contribution in [-0.2, 0) is 6.54 Å². The number of nitrogens with zero attached hydrogens (tertiary/aromatic N) is 1. The SMILES string of the molecule is Cc1ccccc1CN(C)C1CC2CCC(C1)N2. The largest absolute Gasteiger partial charge is 0.311 e. The van der Waals surface area contributed by atoms with Crippen LogP contribution in [0.25, 0.3) is 0 Å². The Balaban J connectivity index is 1.65. The quantitative estimate of drug-likeness (QED) is 0.879. The van der Waals surface area contributed by atoms with Gasteiger partial charge in [0.15, 0.2) is 0 Å². The van der Waals surface area contributed by atoms with Crippen molar-refractivity contribution in [2.45, 2.75) is 57.3 Å². The fourth-order valence-corrected chi connectivity index (χ4v) is 3.57. The average molecular weight is 244 g/mol. The second-order valence-electron chi connectivity index (χ2n) is 6.10. The van der Waals surface area contributed by atoms with Gasteiger partial charge in [-0.15, -0.1) is 0 Å². The molecule has 0 amide bonds. The predicted octanol–water partition coefficient (Wildman–Crippen LogP) is 2.71. The molecule has 0 aliphatic carbocycles. The van der Waals surface area contributed by atoms with Gasteiger partial charge in [0.2, 0.25) is 0 Å². The normalized spacial score (nSPS) is 30.9. The van der Waals surface area contributed by atoms with Crippen molar-refractivity contribution in [3.05, 3.63) is 35.4 Å². The summed E-state index contributed by atoms with van der Waals surface area (Å²) in [5, 5.41) is 3.72. The van der Waals surface area contributed by atoms with Gasteiger partial charge in [-0.2, -0.15) is 0 Å². The third-order valence-electron chi connectivity index (χ3n) is 4.75. The number of hydrogen-bond donors (Lipinski definition) is 1. The molecular weight excluding hydrogens is 220 g/mol. The molecule has 0 saturated carbocycles. The topological polar surface area (TPSA) is 15.3 Å². The molecule has 0 spiro atoms. The first-order valence-electron chi connectivity index (χ1n) is 7.23. The van der Waals surface area contributed by atoms with Gasteiger partial charge >= 0.3 is 0 Å². The third-order valence-corrected chi connectivity index (χ3v) is 4.75. The van der Waals surface area contributed by atoms with Gasteiger partial charge in [-0.1, -0.05) is 24.3 Å². The lowest BCUT2D eigenvalue weighted by Crippen LogP contribution is -2.46. The summed E-state index contributed by atoms with van der Waals surface area (Å²) in [5.74, 6) is 0. The Morgan fingerprint density at radius 2 is 1.83 bits per heavy atom. The summed E-state index contributed by atoms with van der Waals surface area (Å²) in [6.45, 7) is 3.31. The zero-order chi connectivity index (χ0) is 12.5. The zero-order valence-electron chi connectivity index (χ0n) is 11.5. The Hall–Kier alpha value is -0.860. The Morgan fingerprint density at radius 3 is 2.50 bits per heavy atom. The summed E-state index contributed by atoms with van der Waals surface area (Å²) in [7, 11) is 2.29. The molecule has 3 rings (SSSR count). The summed E-state index contributed by atoms with van der Waals surface area (Å²) in [6, 6.07) is 11.1. The first-order valence-corrected chi connectivity index (χ1v) is 7.23. The second-order valence-corrected chi connectivity index (χ2v) is 6.10. The maximum Gasteiger partial charge on any atom is 0.0236 e. The lowest BCUT2D eigenvalue weighted by molar-refractivity contribution is 0.165. The first-order chi connectivity index (χ1) is 8.72. The van der Waals surface area contributed by atoms with Crippen LogP contribution < -0.4 is 5.32 Å². The summed E-state index contributed by atoms with van der Waals surface area (Å²) in [6.07, 6.45) is 5.44. The first kappa shape index (κ1) is 12.2. The van der Waals surface area contributed by atoms with E-state index in [0.29, 0.717) is 0 Å². The van der Waals surface area contributed by atoms with Gasteiger partial charge in [0.05, 0.1) is 0 Å². The molecule has 98 valence electrons. The molecule has 18 heavy (non-hydrogen) atoms. The van der Waals surface area contributed by atoms with Crippen molar-refractivity contribution in [1.82, 2.24) is 10.2 Å². The van der Waals surface area contributed by atoms with Gasteiger partial charge in [-0.25, -0.2) is 0 Å². The fraction of sp³-hybridized carbons (Fsp3) is 0.625. The number of nitrogens with one attached hydrogen (secondary N) is 1. The average Bonchev–Trinajstić information content (AvgIpc) is 2.71. The van der Waals surface area contributed by atoms with Crippen LogP contribution in [0, 0.1) is 6.92 Å². The zero-order valence-corrected chi connectivity index (χ0v) is 11.5. The summed E-state index contributed by atoms with van der Waals surface area (Å²) in [5.41, 5.74) is 2.90. The molecule has 2 aliphatic heterocycles. The van der Waals surface area contributed by atoms with Gasteiger partial charge < -0.3 is 5.32 Å². The van der Waals surface area contributed by atoms with Crippen LogP contribution in [-0.4, -0.2) is 30.1 Å². The molecule has 2 atom stereocenters. The van der Waals surface area contributed by atoms with E-state index in [0.717, 1.165) is 24.7 Å². The van der Waals surface area contributed by atoms with E-state index >= 15 is 0 Å². The molecule has 2 unspecified atom stereocenters. The minimum atomic E-state index is 0.767. The van der Waals surface area contributed by atoms with Crippen LogP contribution in [0.5, 0.6) is 0 Å². The molecule has 2 fully saturated rings. The lowest BCUT2D eigenvalue weighted by atomic mass is 9.97. The fourth-order valence-electron chi connectivity index (χ4n) is 3.57. The van der Waals surface area contributed by atoms with E-state index in [4.69, 9.17) is 0 Å². The minimum Gasteiger partial charge on any atom is -0.311 e. The molecule has 2 saturated heterocycles. The summed E-state index contributed by atoms with van der Waals surface area (Å²) < 4.78 is 0. The molecule has 2 bridgehead atoms. The predicted molar refractivity (Wildman–Crippen MR) is 75.6 cm³/mol. The van der Waals surface area contributed by atoms with Crippen molar-refractivity contribution in [3.63, 3.8) is 0 Å². The molecule has 1 aromatic rings. The van der Waals surface area contributed by atoms with Crippen LogP contribution in [0.3, 0.4) is 0 Å². The maximum atomic E-state index is 3.72. The molecule has 2 nitrogen and oxygen atoms in total. The minimum absolute atomic E-state index is 0.767. The number of hydrogen-bond acceptors (Lipinski definition) is 2. The van der Waals surface area contributed by atoms with E-state index in [9.17, 15) is 0 Å². The summed E-state index contributed by atoms with van der Waals surface area (Å²) >= 11 is 0. The highest BCUT2D eigenvalue weighted by Gasteiger charge is 2.34. The lowest BCUT2D eigenvalue weighted by Gasteiger charge is -2.35. The highest BCUT2D eigenvalue weighted by molar-refractivity contribution is 5.25. The standard InChI is InChI=1S/C16H24N2/c1-12-5-3-4-6-13(12)11-18(2)16-9-14-7-8-15(10-16)17-14/h3-6,14-17H,7-11H2,1-2H3. The monoisotopic (exact) mass is 244 g/mol. The highest BCUT2D eigenvalue weighted by atomic mass is 15.2. The Labute approximate surface area is 110 Å². The van der Waals surface area contributed by atoms with E-state index in [2.05, 4.69) is 48.5 Å². The van der Waals surface area contributed by atoms with Crippen LogP contribution in [0.1, 0.15) is 36.8 Å². The van der Waals surface area contributed by atoms with E-state index in [-0.39, 0.29) is 0 Å². The Morgan fingerprint density at radius 1 is 1.17 bits per heavy atom. The molecule has 0 aromatic heterocycles. The van der Waals surface area contributed by atoms with Crippen LogP contribution >= 0.6 is 0 Å². The summed E-state index contributed by atoms with van der Waals surface area (Å²) in [4.78, 5) is 2.56. The molecule has 1 N–H and O–H groups in total. The van der Waals surface area contributed by atoms with Crippen molar-refractivity contribution in [1.29, 1.82) is 0 Å². The number of benzene rings is 1. The van der Waals surface area contributed by atoms with Gasteiger partial charge in [-0.05, 0) is 50.8 Å². The third kappa shape index (κ3) is 2.45. The highest BCUT2D eigenvalue weighted by Crippen LogP contribution is 2.29. The number of piperidine rings is 1. The van der Waals surface area contributed by atoms with Gasteiger partial charge in [-0.3, -0.25) is 4.90 Å². The van der Waals surface area contributed by atoms with Crippen molar-refractivity contribution in [2.24, 2.45) is 0 Å². The van der Waals surface area contributed by atoms with E-state index in [1.165, 1.54) is 36.8 Å². The van der Waals surface area contributed by atoms with Gasteiger partial charge in [0.1, 0.15) is 0 Å². The maximum absolute atomic E-state index is 3.72. The molecule has 2 heteroatoms. The van der Waals surface area contributed by atoms with Crippen LogP contribution in [0.4, 0.5) is 0 Å². The van der Waals surface area contributed by atoms with E-state index in [1.54, 1.807) is 0 Å². The Bertz CT molecular complexity index is 403. The van der Waals surface area contributed by atoms with Gasteiger partial charge in [0, 0.05) is 24.7 Å². The Kier molecular flexibility index (Phi) is 3.40. The van der Waals surface area contributed by atoms with Crippen molar-refractivity contribution >= 4 is 0 Å². The molecule has 2 aliphatic rings. The number of rotatable bonds is 3. The smallest absolute Gasteiger partial charge is 0.0236 e. The van der Waals surface area contributed by atoms with Crippen molar-refractivity contribution in [2.75, 3.05) is 7.05 Å². The van der Waals surface area contributed by atoms with Crippen molar-refractivity contribution < 1.29 is 0 Å². The number of fused-ring (bicyclic) bond motifs is 2. The van der Waals surface area contributed by atoms with Crippen LogP contribution in [0.2, 0.25) is 0 Å². The molecular formula is C16H24N2. The number of aryl methyl sites for hydroxylation is 1. The van der Waals surface area contributed by atoms with Gasteiger partial charge in [0.25, 0.3) is 0 Å². The second kappa shape index (κ2) is 5.02. The molecule has 0 radical (unpaired) electrons. The van der Waals surface area contributed by atoms with Crippen molar-refractivity contribution in [3.8, 4) is 0 Å². The van der Waals surface area contributed by atoms with E-state index in [1.807, 2.05) is 0 Å². The molecule has 1 aromatic carbocycles. The molecule has 2 heterocycles. The van der Waals surface area contributed by atoms with Crippen LogP contribution in [0.15, 0.2) is 24.3 Å².